The molecule has 0 bridgehead atoms. The van der Waals surface area contributed by atoms with Gasteiger partial charge in [0.1, 0.15) is 0 Å². The minimum Gasteiger partial charge on any atom is -0.376 e. The predicted molar refractivity (Wildman–Crippen MR) is 103 cm³/mol. The van der Waals surface area contributed by atoms with Crippen LogP contribution in [0.4, 0.5) is 17.1 Å². The van der Waals surface area contributed by atoms with Crippen LogP contribution in [0.2, 0.25) is 5.02 Å². The second kappa shape index (κ2) is 9.08. The third kappa shape index (κ3) is 6.12. The molecule has 0 saturated carbocycles. The molecule has 6 heteroatoms. The van der Waals surface area contributed by atoms with E-state index in [1.54, 1.807) is 30.3 Å². The molecule has 0 aliphatic heterocycles. The summed E-state index contributed by atoms with van der Waals surface area (Å²) in [6.07, 6.45) is 1.30. The van der Waals surface area contributed by atoms with Crippen LogP contribution in [-0.4, -0.2) is 18.4 Å². The molecule has 0 atom stereocenters. The maximum atomic E-state index is 12.1. The molecule has 3 N–H and O–H groups in total. The van der Waals surface area contributed by atoms with E-state index < -0.39 is 0 Å². The average molecular weight is 360 g/mol. The van der Waals surface area contributed by atoms with Gasteiger partial charge in [0.05, 0.1) is 6.54 Å². The van der Waals surface area contributed by atoms with Crippen molar-refractivity contribution in [3.63, 3.8) is 0 Å². The fourth-order valence-corrected chi connectivity index (χ4v) is 2.42. The predicted octanol–water partition coefficient (Wildman–Crippen LogP) is 4.44. The van der Waals surface area contributed by atoms with E-state index in [9.17, 15) is 9.59 Å². The largest absolute Gasteiger partial charge is 0.376 e. The second-order valence-electron chi connectivity index (χ2n) is 5.74. The SMILES string of the molecule is CCCC(=O)Nc1ccc(NC(=O)CNc2cc(Cl)ccc2C)cc1. The molecule has 2 aromatic rings. The Kier molecular flexibility index (Phi) is 6.83. The topological polar surface area (TPSA) is 70.2 Å². The Morgan fingerprint density at radius 3 is 2.16 bits per heavy atom. The molecule has 0 saturated heterocycles. The van der Waals surface area contributed by atoms with Gasteiger partial charge in [0, 0.05) is 28.5 Å². The van der Waals surface area contributed by atoms with Crippen LogP contribution in [0.15, 0.2) is 42.5 Å². The molecule has 2 amide bonds. The van der Waals surface area contributed by atoms with Crippen LogP contribution in [0, 0.1) is 6.92 Å². The molecule has 0 radical (unpaired) electrons. The Balaban J connectivity index is 1.86. The summed E-state index contributed by atoms with van der Waals surface area (Å²) in [4.78, 5) is 23.6. The molecule has 25 heavy (non-hydrogen) atoms. The summed E-state index contributed by atoms with van der Waals surface area (Å²) in [7, 11) is 0. The van der Waals surface area contributed by atoms with E-state index in [1.807, 2.05) is 26.0 Å². The Morgan fingerprint density at radius 2 is 1.56 bits per heavy atom. The van der Waals surface area contributed by atoms with E-state index >= 15 is 0 Å². The lowest BCUT2D eigenvalue weighted by molar-refractivity contribution is -0.116. The molecule has 0 spiro atoms. The summed E-state index contributed by atoms with van der Waals surface area (Å²) in [5.41, 5.74) is 3.23. The maximum Gasteiger partial charge on any atom is 0.243 e. The van der Waals surface area contributed by atoms with Gasteiger partial charge in [-0.1, -0.05) is 24.6 Å². The van der Waals surface area contributed by atoms with Gasteiger partial charge >= 0.3 is 0 Å². The van der Waals surface area contributed by atoms with Crippen molar-refractivity contribution in [3.8, 4) is 0 Å². The van der Waals surface area contributed by atoms with Crippen molar-refractivity contribution in [1.82, 2.24) is 0 Å². The van der Waals surface area contributed by atoms with Gasteiger partial charge in [0.15, 0.2) is 0 Å². The Hall–Kier alpha value is -2.53. The number of amides is 2. The number of rotatable bonds is 7. The number of benzene rings is 2. The van der Waals surface area contributed by atoms with Crippen LogP contribution in [0.1, 0.15) is 25.3 Å². The molecule has 0 heterocycles. The zero-order valence-corrected chi connectivity index (χ0v) is 15.1. The smallest absolute Gasteiger partial charge is 0.243 e. The minimum absolute atomic E-state index is 0.0135. The summed E-state index contributed by atoms with van der Waals surface area (Å²) in [6.45, 7) is 4.04. The third-order valence-corrected chi connectivity index (χ3v) is 3.80. The van der Waals surface area contributed by atoms with Gasteiger partial charge < -0.3 is 16.0 Å². The van der Waals surface area contributed by atoms with Crippen molar-refractivity contribution < 1.29 is 9.59 Å². The highest BCUT2D eigenvalue weighted by Gasteiger charge is 2.05. The highest BCUT2D eigenvalue weighted by atomic mass is 35.5. The van der Waals surface area contributed by atoms with Crippen LogP contribution >= 0.6 is 11.6 Å². The van der Waals surface area contributed by atoms with Crippen molar-refractivity contribution in [2.24, 2.45) is 0 Å². The van der Waals surface area contributed by atoms with Gasteiger partial charge in [0.2, 0.25) is 11.8 Å². The lowest BCUT2D eigenvalue weighted by atomic mass is 10.2. The Morgan fingerprint density at radius 1 is 0.960 bits per heavy atom. The van der Waals surface area contributed by atoms with Gasteiger partial charge in [-0.2, -0.15) is 0 Å². The second-order valence-corrected chi connectivity index (χ2v) is 6.17. The van der Waals surface area contributed by atoms with Gasteiger partial charge in [-0.15, -0.1) is 0 Å². The quantitative estimate of drug-likeness (QED) is 0.684. The van der Waals surface area contributed by atoms with Gasteiger partial charge in [0.25, 0.3) is 0 Å². The normalized spacial score (nSPS) is 10.2. The molecule has 0 aliphatic rings. The number of hydrogen-bond donors (Lipinski definition) is 3. The standard InChI is InChI=1S/C19H22ClN3O2/c1-3-4-18(24)22-15-7-9-16(10-8-15)23-19(25)12-21-17-11-14(20)6-5-13(17)2/h5-11,21H,3-4,12H2,1-2H3,(H,22,24)(H,23,25). The van der Waals surface area contributed by atoms with Crippen molar-refractivity contribution in [3.05, 3.63) is 53.1 Å². The fraction of sp³-hybridized carbons (Fsp3) is 0.263. The van der Waals surface area contributed by atoms with Crippen molar-refractivity contribution in [2.75, 3.05) is 22.5 Å². The molecule has 5 nitrogen and oxygen atoms in total. The third-order valence-electron chi connectivity index (χ3n) is 3.57. The van der Waals surface area contributed by atoms with Gasteiger partial charge in [-0.3, -0.25) is 9.59 Å². The lowest BCUT2D eigenvalue weighted by Crippen LogP contribution is -2.22. The molecule has 0 unspecified atom stereocenters. The monoisotopic (exact) mass is 359 g/mol. The first-order chi connectivity index (χ1) is 12.0. The highest BCUT2D eigenvalue weighted by Crippen LogP contribution is 2.20. The minimum atomic E-state index is -0.165. The molecule has 132 valence electrons. The lowest BCUT2D eigenvalue weighted by Gasteiger charge is -2.11. The number of carbonyl (C=O) groups excluding carboxylic acids is 2. The number of anilines is 3. The number of carbonyl (C=O) groups is 2. The molecular weight excluding hydrogens is 338 g/mol. The van der Waals surface area contributed by atoms with Gasteiger partial charge in [-0.05, 0) is 55.3 Å². The van der Waals surface area contributed by atoms with Crippen LogP contribution in [0.5, 0.6) is 0 Å². The summed E-state index contributed by atoms with van der Waals surface area (Å²) >= 11 is 5.96. The van der Waals surface area contributed by atoms with Crippen LogP contribution in [0.25, 0.3) is 0 Å². The molecule has 0 aromatic heterocycles. The van der Waals surface area contributed by atoms with E-state index in [1.165, 1.54) is 0 Å². The van der Waals surface area contributed by atoms with Crippen LogP contribution in [-0.2, 0) is 9.59 Å². The number of aryl methyl sites for hydroxylation is 1. The molecule has 0 aliphatic carbocycles. The van der Waals surface area contributed by atoms with E-state index in [2.05, 4.69) is 16.0 Å². The summed E-state index contributed by atoms with van der Waals surface area (Å²) < 4.78 is 0. The summed E-state index contributed by atoms with van der Waals surface area (Å²) in [6, 6.07) is 12.5. The fourth-order valence-electron chi connectivity index (χ4n) is 2.25. The highest BCUT2D eigenvalue weighted by molar-refractivity contribution is 6.30. The van der Waals surface area contributed by atoms with Crippen molar-refractivity contribution in [2.45, 2.75) is 26.7 Å². The van der Waals surface area contributed by atoms with E-state index in [-0.39, 0.29) is 18.4 Å². The zero-order valence-electron chi connectivity index (χ0n) is 14.4. The molecular formula is C19H22ClN3O2. The molecule has 0 fully saturated rings. The number of nitrogens with one attached hydrogen (secondary N) is 3. The Labute approximate surface area is 152 Å². The summed E-state index contributed by atoms with van der Waals surface area (Å²) in [5.74, 6) is -0.178. The zero-order chi connectivity index (χ0) is 18.2. The first kappa shape index (κ1) is 18.8. The van der Waals surface area contributed by atoms with Gasteiger partial charge in [-0.25, -0.2) is 0 Å². The average Bonchev–Trinajstić information content (AvgIpc) is 2.58. The van der Waals surface area contributed by atoms with Crippen LogP contribution < -0.4 is 16.0 Å². The number of halogens is 1. The maximum absolute atomic E-state index is 12.1. The van der Waals surface area contributed by atoms with E-state index in [0.29, 0.717) is 22.8 Å². The Bertz CT molecular complexity index is 745. The van der Waals surface area contributed by atoms with E-state index in [4.69, 9.17) is 11.6 Å². The summed E-state index contributed by atoms with van der Waals surface area (Å²) in [5, 5.41) is 9.30. The first-order valence-corrected chi connectivity index (χ1v) is 8.55. The van der Waals surface area contributed by atoms with E-state index in [0.717, 1.165) is 17.7 Å². The number of hydrogen-bond acceptors (Lipinski definition) is 3. The van der Waals surface area contributed by atoms with Crippen molar-refractivity contribution in [1.29, 1.82) is 0 Å². The molecule has 2 aromatic carbocycles. The van der Waals surface area contributed by atoms with Crippen molar-refractivity contribution >= 4 is 40.5 Å². The first-order valence-electron chi connectivity index (χ1n) is 8.17. The van der Waals surface area contributed by atoms with Crippen LogP contribution in [0.3, 0.4) is 0 Å². The molecule has 2 rings (SSSR count).